The monoisotopic (exact) mass is 1210 g/mol. The number of hydrogen-bond donors (Lipinski definition) is 11. The minimum Gasteiger partial charge on any atom is -0.480 e. The molecule has 23 nitrogen and oxygen atoms in total. The summed E-state index contributed by atoms with van der Waals surface area (Å²) < 4.78 is 10.3. The summed E-state index contributed by atoms with van der Waals surface area (Å²) in [4.78, 5) is 124. The number of benzene rings is 2. The van der Waals surface area contributed by atoms with E-state index in [1.165, 1.54) is 13.8 Å². The van der Waals surface area contributed by atoms with E-state index in [1.807, 2.05) is 102 Å². The average molecular weight is 1220 g/mol. The third-order valence-corrected chi connectivity index (χ3v) is 13.4. The maximum absolute atomic E-state index is 13.3. The Labute approximate surface area is 511 Å². The number of nitrogens with one attached hydrogen (secondary N) is 7. The number of aliphatic hydroxyl groups is 2. The number of ether oxygens (including phenoxy) is 2. The zero-order chi connectivity index (χ0) is 62.8. The number of nitrogens with two attached hydrogens (primary N) is 1. The summed E-state index contributed by atoms with van der Waals surface area (Å²) in [6, 6.07) is 11.3. The Morgan fingerprint density at radius 3 is 1.06 bits per heavy atom. The Morgan fingerprint density at radius 1 is 0.453 bits per heavy atom. The Bertz CT molecular complexity index is 2430. The number of aliphatic carboxylic acids is 1. The molecule has 86 heavy (non-hydrogen) atoms. The fourth-order valence-corrected chi connectivity index (χ4v) is 8.67. The molecule has 2 saturated heterocycles. The van der Waals surface area contributed by atoms with Crippen LogP contribution in [-0.4, -0.2) is 160 Å². The Hall–Kier alpha value is -6.66. The van der Waals surface area contributed by atoms with Gasteiger partial charge in [-0.25, -0.2) is 4.79 Å². The second kappa shape index (κ2) is 39.9. The lowest BCUT2D eigenvalue weighted by Crippen LogP contribution is -2.59. The number of epoxide rings is 2. The summed E-state index contributed by atoms with van der Waals surface area (Å²) in [7, 11) is 0. The molecule has 2 fully saturated rings. The standard InChI is InChI=1S/C30H46N4O7.C21H31N3O6.C9H17NO2.3CH4/c1-18(2)14-23(26(37)30(6)17-41-30)32-29(40)25(16-35)34-28(39)24(15-19(3)4)33-27(38)22(31-20(5)36)13-12-21-10-8-7-9-11-21;1-13(2)11-17(20(28)24-18(12-25)21(29)30)23-19(27)16(22-14(3)26)10-9-15-7-5-4-6-8-15;1-6(2)4-7(10)8(11)9(3)5-12-9;;;/h7-11,18-19,22-25,35H,12-17H2,1-6H3,(H,31,36)(H,32,40)(H,33,38)(H,34,39);4-8,13,16-18,25H,9-12H2,1-3H3,(H,22,26)(H,23,27)(H,24,28)(H,29,30);6-7H,4-5,10H2,1-3H3;3*1H4/t22-,23-,24-,25-,30+;16-,17-,18-;7-,9+;;;/m000.../s1. The van der Waals surface area contributed by atoms with Gasteiger partial charge < -0.3 is 67.7 Å². The van der Waals surface area contributed by atoms with Crippen LogP contribution in [0.2, 0.25) is 0 Å². The molecule has 0 radical (unpaired) electrons. The summed E-state index contributed by atoms with van der Waals surface area (Å²) in [5.74, 6) is -4.87. The quantitative estimate of drug-likeness (QED) is 0.0452. The highest BCUT2D eigenvalue weighted by atomic mass is 16.6. The van der Waals surface area contributed by atoms with Gasteiger partial charge in [-0.1, -0.05) is 138 Å². The van der Waals surface area contributed by atoms with E-state index >= 15 is 0 Å². The van der Waals surface area contributed by atoms with Crippen molar-refractivity contribution in [1.29, 1.82) is 0 Å². The number of carbonyl (C=O) groups excluding carboxylic acids is 9. The summed E-state index contributed by atoms with van der Waals surface area (Å²) >= 11 is 0. The van der Waals surface area contributed by atoms with Crippen molar-refractivity contribution in [3.05, 3.63) is 71.8 Å². The topological polar surface area (TPSA) is 367 Å². The normalized spacial score (nSPS) is 18.1. The van der Waals surface area contributed by atoms with Crippen molar-refractivity contribution in [3.8, 4) is 0 Å². The lowest BCUT2D eigenvalue weighted by atomic mass is 9.93. The highest BCUT2D eigenvalue weighted by molar-refractivity contribution is 5.99. The molecular formula is C63H106N8O15. The number of rotatable bonds is 33. The van der Waals surface area contributed by atoms with E-state index in [0.29, 0.717) is 44.6 Å². The van der Waals surface area contributed by atoms with Crippen molar-refractivity contribution in [1.82, 2.24) is 37.2 Å². The fraction of sp³-hybridized carbons (Fsp3) is 0.651. The molecule has 0 bridgehead atoms. The van der Waals surface area contributed by atoms with E-state index < -0.39 is 102 Å². The highest BCUT2D eigenvalue weighted by Gasteiger charge is 2.51. The van der Waals surface area contributed by atoms with Crippen molar-refractivity contribution < 1.29 is 72.7 Å². The molecule has 12 N–H and O–H groups in total. The van der Waals surface area contributed by atoms with Crippen LogP contribution in [0.5, 0.6) is 0 Å². The lowest BCUT2D eigenvalue weighted by molar-refractivity contribution is -0.143. The number of carbonyl (C=O) groups is 10. The van der Waals surface area contributed by atoms with Crippen LogP contribution in [0.25, 0.3) is 0 Å². The van der Waals surface area contributed by atoms with Gasteiger partial charge in [-0.2, -0.15) is 0 Å². The van der Waals surface area contributed by atoms with E-state index in [2.05, 4.69) is 51.1 Å². The molecule has 10 atom stereocenters. The van der Waals surface area contributed by atoms with Gasteiger partial charge in [-0.15, -0.1) is 0 Å². The minimum atomic E-state index is -1.46. The van der Waals surface area contributed by atoms with Crippen molar-refractivity contribution in [2.24, 2.45) is 29.4 Å². The SMILES string of the molecule is C.C.C.CC(=O)N[C@@H](CCc1ccccc1)C(=O)N[C@@H](CC(C)C)C(=O)N[C@@H](CO)C(=O)N[C@@H](CC(C)C)C(=O)[C@@]1(C)CO1.CC(=O)N[C@@H](CCc1ccccc1)C(=O)N[C@@H](CC(C)C)C(=O)N[C@@H](CO)C(=O)O.CC(C)C[C@H](N)C(=O)[C@@]1(C)CO1. The number of hydrogen-bond acceptors (Lipinski definition) is 15. The third-order valence-electron chi connectivity index (χ3n) is 13.4. The van der Waals surface area contributed by atoms with Gasteiger partial charge in [0.25, 0.3) is 0 Å². The zero-order valence-electron chi connectivity index (χ0n) is 50.5. The van der Waals surface area contributed by atoms with Crippen molar-refractivity contribution in [2.75, 3.05) is 26.4 Å². The number of carboxylic acid groups (broad SMARTS) is 1. The molecule has 4 rings (SSSR count). The number of amides is 7. The predicted octanol–water partition coefficient (Wildman–Crippen LogP) is 3.86. The summed E-state index contributed by atoms with van der Waals surface area (Å²) in [6.45, 7) is 20.8. The van der Waals surface area contributed by atoms with Gasteiger partial charge in [-0.3, -0.25) is 43.2 Å². The van der Waals surface area contributed by atoms with Crippen molar-refractivity contribution >= 4 is 58.9 Å². The van der Waals surface area contributed by atoms with Crippen LogP contribution >= 0.6 is 0 Å². The molecule has 0 unspecified atom stereocenters. The van der Waals surface area contributed by atoms with Crippen LogP contribution in [0, 0.1) is 23.7 Å². The van der Waals surface area contributed by atoms with Crippen molar-refractivity contribution in [2.45, 2.75) is 216 Å². The smallest absolute Gasteiger partial charge is 0.328 e. The van der Waals surface area contributed by atoms with Crippen LogP contribution in [0.4, 0.5) is 0 Å². The first-order chi connectivity index (χ1) is 38.8. The molecule has 2 aromatic carbocycles. The lowest BCUT2D eigenvalue weighted by Gasteiger charge is -2.27. The number of aliphatic hydroxyl groups excluding tert-OH is 2. The minimum absolute atomic E-state index is 0. The van der Waals surface area contributed by atoms with Gasteiger partial charge >= 0.3 is 5.97 Å². The average Bonchev–Trinajstić information content (AvgIpc) is 2.55. The molecule has 0 spiro atoms. The molecule has 0 saturated carbocycles. The van der Waals surface area contributed by atoms with Crippen LogP contribution in [-0.2, 0) is 70.3 Å². The van der Waals surface area contributed by atoms with E-state index in [4.69, 9.17) is 25.4 Å². The Kier molecular flexibility index (Phi) is 37.8. The van der Waals surface area contributed by atoms with E-state index in [-0.39, 0.29) is 88.9 Å². The molecule has 7 amide bonds. The zero-order valence-corrected chi connectivity index (χ0v) is 50.5. The second-order valence-electron chi connectivity index (χ2n) is 23.5. The van der Waals surface area contributed by atoms with Crippen LogP contribution in [0.1, 0.15) is 155 Å². The van der Waals surface area contributed by atoms with Gasteiger partial charge in [0, 0.05) is 13.8 Å². The number of aryl methyl sites for hydroxylation is 2. The molecule has 2 aliphatic rings. The number of Topliss-reactive ketones (excluding diaryl/α,β-unsaturated/α-hetero) is 2. The number of ketones is 2. The largest absolute Gasteiger partial charge is 0.480 e. The third kappa shape index (κ3) is 30.6. The Balaban J connectivity index is 0. The number of carboxylic acids is 1. The molecular weight excluding hydrogens is 1110 g/mol. The van der Waals surface area contributed by atoms with Gasteiger partial charge in [0.2, 0.25) is 41.4 Å². The molecule has 2 aliphatic heterocycles. The highest BCUT2D eigenvalue weighted by Crippen LogP contribution is 2.30. The molecule has 0 aliphatic carbocycles. The molecule has 0 aromatic heterocycles. The van der Waals surface area contributed by atoms with Gasteiger partial charge in [0.1, 0.15) is 47.5 Å². The van der Waals surface area contributed by atoms with Gasteiger partial charge in [0.15, 0.2) is 11.6 Å². The molecule has 2 heterocycles. The maximum Gasteiger partial charge on any atom is 0.328 e. The van der Waals surface area contributed by atoms with Crippen molar-refractivity contribution in [3.63, 3.8) is 0 Å². The Morgan fingerprint density at radius 2 is 0.744 bits per heavy atom. The first kappa shape index (κ1) is 81.4. The van der Waals surface area contributed by atoms with Crippen LogP contribution in [0.3, 0.4) is 0 Å². The predicted molar refractivity (Wildman–Crippen MR) is 331 cm³/mol. The summed E-state index contributed by atoms with van der Waals surface area (Å²) in [6.07, 6.45) is 3.38. The molecule has 488 valence electrons. The molecule has 23 heteroatoms. The van der Waals surface area contributed by atoms with Gasteiger partial charge in [0.05, 0.1) is 38.5 Å². The fourth-order valence-electron chi connectivity index (χ4n) is 8.67. The summed E-state index contributed by atoms with van der Waals surface area (Å²) in [5.41, 5.74) is 6.23. The summed E-state index contributed by atoms with van der Waals surface area (Å²) in [5, 5.41) is 46.1. The first-order valence-corrected chi connectivity index (χ1v) is 28.5. The molecule has 2 aromatic rings. The van der Waals surface area contributed by atoms with Crippen LogP contribution in [0.15, 0.2) is 60.7 Å². The van der Waals surface area contributed by atoms with E-state index in [0.717, 1.165) is 17.5 Å². The van der Waals surface area contributed by atoms with E-state index in [9.17, 15) is 53.1 Å². The van der Waals surface area contributed by atoms with Gasteiger partial charge in [-0.05, 0) is 100 Å². The van der Waals surface area contributed by atoms with E-state index in [1.54, 1.807) is 13.8 Å². The van der Waals surface area contributed by atoms with Crippen LogP contribution < -0.4 is 43.0 Å². The first-order valence-electron chi connectivity index (χ1n) is 28.5. The second-order valence-corrected chi connectivity index (χ2v) is 23.5. The maximum atomic E-state index is 13.3.